The van der Waals surface area contributed by atoms with Crippen molar-refractivity contribution in [3.63, 3.8) is 0 Å². The number of aromatic nitrogens is 4. The summed E-state index contributed by atoms with van der Waals surface area (Å²) in [6.45, 7) is 5.17. The van der Waals surface area contributed by atoms with E-state index in [9.17, 15) is 29.1 Å². The molecule has 7 aromatic rings. The molecule has 4 aliphatic rings. The van der Waals surface area contributed by atoms with E-state index >= 15 is 0 Å². The summed E-state index contributed by atoms with van der Waals surface area (Å²) in [6, 6.07) is 32.3. The number of allylic oxidation sites excluding steroid dienone is 2. The predicted octanol–water partition coefficient (Wildman–Crippen LogP) is 7.42. The quantitative estimate of drug-likeness (QED) is 0.0863. The Bertz CT molecular complexity index is 3810. The van der Waals surface area contributed by atoms with Crippen LogP contribution in [-0.4, -0.2) is 73.0 Å². The molecular formula is C54H38N10O8. The van der Waals surface area contributed by atoms with E-state index in [0.29, 0.717) is 35.9 Å². The zero-order chi connectivity index (χ0) is 49.6. The minimum atomic E-state index is -0.906. The molecule has 18 nitrogen and oxygen atoms in total. The molecule has 0 unspecified atom stereocenters. The summed E-state index contributed by atoms with van der Waals surface area (Å²) in [4.78, 5) is 87.4. The molecule has 0 radical (unpaired) electrons. The molecule has 5 aromatic carbocycles. The average molecular weight is 955 g/mol. The van der Waals surface area contributed by atoms with E-state index in [2.05, 4.69) is 30.5 Å². The summed E-state index contributed by atoms with van der Waals surface area (Å²) in [5.41, 5.74) is 1.51. The maximum Gasteiger partial charge on any atom is 0.284 e. The topological polar surface area (TPSA) is 223 Å². The van der Waals surface area contributed by atoms with Crippen molar-refractivity contribution in [3.05, 3.63) is 199 Å². The first-order valence-corrected chi connectivity index (χ1v) is 22.7. The zero-order valence-corrected chi connectivity index (χ0v) is 38.3. The SMILES string of the molecule is CCN1C(=CC2=NC(=O)C(=Cc3nn(-c4ccccc4)c4c(=O)c5oc(C=C6C(=O)N=C(C=C7C=Cc8ccccc8N7CC)NC6=O)nn(-c6ccccc6)c5c(=O)c4o3)C(O)=N2)C=Cc2ccccc21. The number of aliphatic imine (C=N–C) groups is 3. The number of carbonyl (C=O) groups excluding carboxylic acids is 3. The van der Waals surface area contributed by atoms with Crippen molar-refractivity contribution in [2.24, 2.45) is 15.0 Å². The Hall–Kier alpha value is -10.1. The van der Waals surface area contributed by atoms with Crippen molar-refractivity contribution < 1.29 is 28.3 Å². The third-order valence-electron chi connectivity index (χ3n) is 12.0. The number of likely N-dealkylation sites (N-methyl/N-ethyl adjacent to an activating group) is 2. The zero-order valence-electron chi connectivity index (χ0n) is 38.3. The minimum Gasteiger partial charge on any atom is -0.493 e. The van der Waals surface area contributed by atoms with Crippen LogP contribution in [-0.2, 0) is 14.4 Å². The Morgan fingerprint density at radius 3 is 1.51 bits per heavy atom. The molecule has 2 aromatic heterocycles. The second-order valence-electron chi connectivity index (χ2n) is 16.4. The van der Waals surface area contributed by atoms with Gasteiger partial charge in [0.25, 0.3) is 28.6 Å². The second kappa shape index (κ2) is 18.1. The molecule has 18 heteroatoms. The third kappa shape index (κ3) is 7.93. The van der Waals surface area contributed by atoms with Gasteiger partial charge in [-0.1, -0.05) is 84.9 Å². The number of benzene rings is 5. The predicted molar refractivity (Wildman–Crippen MR) is 274 cm³/mol. The number of para-hydroxylation sites is 4. The number of fused-ring (bicyclic) bond motifs is 4. The molecule has 0 spiro atoms. The van der Waals surface area contributed by atoms with Crippen molar-refractivity contribution in [3.8, 4) is 11.4 Å². The lowest BCUT2D eigenvalue weighted by Gasteiger charge is -2.29. The number of nitrogens with one attached hydrogen (secondary N) is 1. The van der Waals surface area contributed by atoms with Gasteiger partial charge in [-0.2, -0.15) is 15.0 Å². The summed E-state index contributed by atoms with van der Waals surface area (Å²) >= 11 is 0. The number of amidine groups is 2. The van der Waals surface area contributed by atoms with Crippen molar-refractivity contribution in [1.82, 2.24) is 24.9 Å². The van der Waals surface area contributed by atoms with Crippen LogP contribution in [0.5, 0.6) is 0 Å². The molecular weight excluding hydrogens is 917 g/mol. The van der Waals surface area contributed by atoms with Crippen LogP contribution in [0.1, 0.15) is 36.8 Å². The van der Waals surface area contributed by atoms with Gasteiger partial charge in [0.1, 0.15) is 17.0 Å². The number of nitrogens with zero attached hydrogens (tertiary/aromatic N) is 9. The number of amides is 3. The molecule has 2 N–H and O–H groups in total. The Labute approximate surface area is 407 Å². The van der Waals surface area contributed by atoms with Crippen LogP contribution in [0.15, 0.2) is 189 Å². The monoisotopic (exact) mass is 954 g/mol. The second-order valence-corrected chi connectivity index (χ2v) is 16.4. The highest BCUT2D eigenvalue weighted by molar-refractivity contribution is 6.32. The fourth-order valence-electron chi connectivity index (χ4n) is 8.74. The van der Waals surface area contributed by atoms with Crippen molar-refractivity contribution in [1.29, 1.82) is 0 Å². The molecule has 0 saturated heterocycles. The number of hydrogen-bond donors (Lipinski definition) is 2. The van der Waals surface area contributed by atoms with Crippen LogP contribution >= 0.6 is 0 Å². The highest BCUT2D eigenvalue weighted by Gasteiger charge is 2.30. The molecule has 0 atom stereocenters. The molecule has 0 bridgehead atoms. The van der Waals surface area contributed by atoms with Crippen LogP contribution < -0.4 is 26.0 Å². The van der Waals surface area contributed by atoms with Crippen LogP contribution in [0, 0.1) is 0 Å². The summed E-state index contributed by atoms with van der Waals surface area (Å²) in [6.07, 6.45) is 12.9. The molecule has 0 fully saturated rings. The lowest BCUT2D eigenvalue weighted by molar-refractivity contribution is -0.122. The van der Waals surface area contributed by atoms with Gasteiger partial charge in [-0.05, 0) is 73.5 Å². The Balaban J connectivity index is 1.01. The number of carbonyl (C=O) groups is 3. The van der Waals surface area contributed by atoms with E-state index in [1.54, 1.807) is 72.8 Å². The van der Waals surface area contributed by atoms with Gasteiger partial charge in [-0.3, -0.25) is 24.0 Å². The average Bonchev–Trinajstić information content (AvgIpc) is 3.40. The van der Waals surface area contributed by atoms with Crippen molar-refractivity contribution >= 4 is 93.2 Å². The highest BCUT2D eigenvalue weighted by atomic mass is 16.4. The molecule has 72 heavy (non-hydrogen) atoms. The number of hydrogen-bond acceptors (Lipinski definition) is 12. The van der Waals surface area contributed by atoms with Crippen molar-refractivity contribution in [2.75, 3.05) is 22.9 Å². The molecule has 11 rings (SSSR count). The fraction of sp³-hybridized carbons (Fsp3) is 0.0741. The largest absolute Gasteiger partial charge is 0.493 e. The van der Waals surface area contributed by atoms with Crippen molar-refractivity contribution in [2.45, 2.75) is 13.8 Å². The van der Waals surface area contributed by atoms with E-state index < -0.39 is 62.7 Å². The maximum atomic E-state index is 14.9. The molecule has 0 saturated carbocycles. The Morgan fingerprint density at radius 1 is 0.542 bits per heavy atom. The Morgan fingerprint density at radius 2 is 1.01 bits per heavy atom. The first-order chi connectivity index (χ1) is 35.1. The van der Waals surface area contributed by atoms with Gasteiger partial charge in [0, 0.05) is 60.2 Å². The van der Waals surface area contributed by atoms with E-state index in [0.717, 1.165) is 44.0 Å². The van der Waals surface area contributed by atoms with Gasteiger partial charge < -0.3 is 29.1 Å². The van der Waals surface area contributed by atoms with Gasteiger partial charge in [-0.15, -0.1) is 10.2 Å². The molecule has 352 valence electrons. The van der Waals surface area contributed by atoms with E-state index in [-0.39, 0.29) is 28.6 Å². The normalized spacial score (nSPS) is 17.7. The lowest BCUT2D eigenvalue weighted by atomic mass is 10.1. The fourth-order valence-corrected chi connectivity index (χ4v) is 8.74. The van der Waals surface area contributed by atoms with E-state index in [1.165, 1.54) is 0 Å². The van der Waals surface area contributed by atoms with E-state index in [1.807, 2.05) is 96.5 Å². The van der Waals surface area contributed by atoms with Gasteiger partial charge in [0.2, 0.25) is 28.8 Å². The van der Waals surface area contributed by atoms with Crippen LogP contribution in [0.2, 0.25) is 0 Å². The number of anilines is 2. The number of aliphatic hydroxyl groups is 1. The summed E-state index contributed by atoms with van der Waals surface area (Å²) in [7, 11) is 0. The van der Waals surface area contributed by atoms with Gasteiger partial charge in [0.05, 0.1) is 11.4 Å². The smallest absolute Gasteiger partial charge is 0.284 e. The Kier molecular flexibility index (Phi) is 11.2. The third-order valence-corrected chi connectivity index (χ3v) is 12.0. The lowest BCUT2D eigenvalue weighted by Crippen LogP contribution is -2.38. The van der Waals surface area contributed by atoms with Gasteiger partial charge >= 0.3 is 0 Å². The van der Waals surface area contributed by atoms with Crippen LogP contribution in [0.25, 0.3) is 57.9 Å². The first-order valence-electron chi connectivity index (χ1n) is 22.7. The number of aliphatic hydroxyl groups excluding tert-OH is 1. The minimum absolute atomic E-state index is 0.0106. The summed E-state index contributed by atoms with van der Waals surface area (Å²) < 4.78 is 14.4. The van der Waals surface area contributed by atoms with Gasteiger partial charge in [0.15, 0.2) is 16.9 Å². The van der Waals surface area contributed by atoms with Gasteiger partial charge in [-0.25, -0.2) is 9.36 Å². The van der Waals surface area contributed by atoms with Crippen LogP contribution in [0.4, 0.5) is 11.4 Å². The maximum absolute atomic E-state index is 14.9. The standard InChI is InChI=1S/C54H38N10O8/c1-3-61-35(25-23-31-15-11-13-21-39(31)61)27-41-55-51(67)37(52(68)56-41)29-43-59-63(33-17-7-5-8-18-33)45-48(66)50-46(47(65)49(45)71-43)64(34-19-9-6-10-20-34)60-44(72-50)30-38-53(69)57-42(58-54(38)70)28-36-26-24-32-16-12-14-22-40(32)62(36)4-2/h5-30H,3-4H2,1-2H3,(H,55,56,67,68)(H,57,58,69,70). The molecule has 3 amide bonds. The van der Waals surface area contributed by atoms with E-state index in [4.69, 9.17) is 8.83 Å². The first kappa shape index (κ1) is 44.4. The highest BCUT2D eigenvalue weighted by Crippen LogP contribution is 2.32. The summed E-state index contributed by atoms with van der Waals surface area (Å²) in [5.74, 6) is -4.10. The molecule has 4 aliphatic heterocycles. The molecule has 6 heterocycles. The number of rotatable bonds is 8. The summed E-state index contributed by atoms with van der Waals surface area (Å²) in [5, 5.41) is 22.9. The molecule has 0 aliphatic carbocycles. The van der Waals surface area contributed by atoms with Crippen LogP contribution in [0.3, 0.4) is 0 Å².